The van der Waals surface area contributed by atoms with Crippen LogP contribution in [0.3, 0.4) is 0 Å². The van der Waals surface area contributed by atoms with Gasteiger partial charge in [-0.3, -0.25) is 9.59 Å². The zero-order chi connectivity index (χ0) is 13.8. The molecule has 0 atom stereocenters. The number of primary amides is 1. The summed E-state index contributed by atoms with van der Waals surface area (Å²) < 4.78 is 0. The fourth-order valence-corrected chi connectivity index (χ4v) is 1.72. The Hall–Kier alpha value is -1.35. The lowest BCUT2D eigenvalue weighted by atomic mass is 9.83. The minimum absolute atomic E-state index is 0.0686. The van der Waals surface area contributed by atoms with Crippen LogP contribution in [0.15, 0.2) is 24.3 Å². The second-order valence-electron chi connectivity index (χ2n) is 4.78. The van der Waals surface area contributed by atoms with E-state index in [0.717, 1.165) is 5.56 Å². The van der Waals surface area contributed by atoms with Crippen molar-refractivity contribution in [2.45, 2.75) is 32.1 Å². The molecule has 4 heteroatoms. The molecule has 1 aromatic carbocycles. The average molecular weight is 268 g/mol. The fraction of sp³-hybridized carbons (Fsp3) is 0.429. The van der Waals surface area contributed by atoms with Gasteiger partial charge in [0.25, 0.3) is 0 Å². The Morgan fingerprint density at radius 3 is 2.22 bits per heavy atom. The molecule has 0 aromatic heterocycles. The van der Waals surface area contributed by atoms with Gasteiger partial charge in [0, 0.05) is 17.9 Å². The monoisotopic (exact) mass is 267 g/mol. The predicted molar refractivity (Wildman–Crippen MR) is 72.9 cm³/mol. The maximum absolute atomic E-state index is 11.7. The average Bonchev–Trinajstić information content (AvgIpc) is 2.35. The second kappa shape index (κ2) is 6.01. The van der Waals surface area contributed by atoms with E-state index < -0.39 is 5.41 Å². The van der Waals surface area contributed by atoms with Gasteiger partial charge in [-0.2, -0.15) is 0 Å². The number of amides is 1. The number of carbonyl (C=O) groups excluding carboxylic acids is 2. The molecule has 0 fully saturated rings. The Morgan fingerprint density at radius 2 is 1.78 bits per heavy atom. The molecule has 0 saturated carbocycles. The van der Waals surface area contributed by atoms with Gasteiger partial charge in [-0.05, 0) is 25.8 Å². The summed E-state index contributed by atoms with van der Waals surface area (Å²) in [5.41, 5.74) is 6.07. The third-order valence-electron chi connectivity index (χ3n) is 3.08. The van der Waals surface area contributed by atoms with Crippen molar-refractivity contribution in [3.63, 3.8) is 0 Å². The summed E-state index contributed by atoms with van der Waals surface area (Å²) in [4.78, 5) is 23.1. The number of Topliss-reactive ketones (excluding diaryl/α,β-unsaturated/α-hetero) is 1. The number of carbonyl (C=O) groups is 2. The molecule has 0 unspecified atom stereocenters. The maximum Gasteiger partial charge on any atom is 0.227 e. The van der Waals surface area contributed by atoms with Crippen molar-refractivity contribution in [2.24, 2.45) is 5.73 Å². The van der Waals surface area contributed by atoms with Crippen molar-refractivity contribution in [3.8, 4) is 0 Å². The lowest BCUT2D eigenvalue weighted by molar-refractivity contribution is -0.122. The van der Waals surface area contributed by atoms with Crippen LogP contribution in [0.4, 0.5) is 0 Å². The summed E-state index contributed by atoms with van der Waals surface area (Å²) in [6.07, 6.45) is 1.12. The van der Waals surface area contributed by atoms with Crippen molar-refractivity contribution >= 4 is 23.3 Å². The van der Waals surface area contributed by atoms with E-state index in [9.17, 15) is 9.59 Å². The molecule has 3 nitrogen and oxygen atoms in total. The first-order valence-electron chi connectivity index (χ1n) is 5.89. The van der Waals surface area contributed by atoms with E-state index in [1.54, 1.807) is 38.1 Å². The van der Waals surface area contributed by atoms with E-state index in [0.29, 0.717) is 24.3 Å². The minimum atomic E-state index is -0.724. The molecule has 1 amide bonds. The van der Waals surface area contributed by atoms with Crippen molar-refractivity contribution in [3.05, 3.63) is 35.4 Å². The lowest BCUT2D eigenvalue weighted by Crippen LogP contribution is -2.35. The number of rotatable bonds is 6. The molecule has 98 valence electrons. The summed E-state index contributed by atoms with van der Waals surface area (Å²) in [6, 6.07) is 7.02. The molecule has 0 aliphatic heterocycles. The van der Waals surface area contributed by atoms with Crippen LogP contribution in [0, 0.1) is 0 Å². The molecule has 18 heavy (non-hydrogen) atoms. The number of hydrogen-bond acceptors (Lipinski definition) is 2. The summed E-state index contributed by atoms with van der Waals surface area (Å²) >= 11 is 5.55. The molecule has 0 aliphatic carbocycles. The normalized spacial score (nSPS) is 11.3. The molecule has 0 bridgehead atoms. The molecular formula is C14H18ClNO2. The van der Waals surface area contributed by atoms with Crippen molar-refractivity contribution in [2.75, 3.05) is 5.88 Å². The standard InChI is InChI=1S/C14H18ClNO2/c1-14(2,13(16)18)11-7-5-10(6-8-11)12(17)4-3-9-15/h5-8H,3-4,9H2,1-2H3,(H2,16,18). The topological polar surface area (TPSA) is 60.2 Å². The first-order chi connectivity index (χ1) is 8.39. The van der Waals surface area contributed by atoms with E-state index >= 15 is 0 Å². The fourth-order valence-electron chi connectivity index (χ4n) is 1.59. The molecule has 0 spiro atoms. The summed E-state index contributed by atoms with van der Waals surface area (Å²) in [7, 11) is 0. The number of halogens is 1. The molecule has 0 radical (unpaired) electrons. The van der Waals surface area contributed by atoms with Gasteiger partial charge < -0.3 is 5.73 Å². The quantitative estimate of drug-likeness (QED) is 0.636. The maximum atomic E-state index is 11.7. The van der Waals surface area contributed by atoms with E-state index in [1.807, 2.05) is 0 Å². The number of nitrogens with two attached hydrogens (primary N) is 1. The molecule has 0 saturated heterocycles. The Balaban J connectivity index is 2.86. The molecule has 0 aliphatic rings. The van der Waals surface area contributed by atoms with Crippen LogP contribution >= 0.6 is 11.6 Å². The Bertz CT molecular complexity index is 438. The van der Waals surface area contributed by atoms with E-state index in [4.69, 9.17) is 17.3 Å². The first kappa shape index (κ1) is 14.7. The van der Waals surface area contributed by atoms with Crippen LogP contribution in [0.2, 0.25) is 0 Å². The summed E-state index contributed by atoms with van der Waals surface area (Å²) in [5.74, 6) is 0.168. The zero-order valence-corrected chi connectivity index (χ0v) is 11.5. The number of hydrogen-bond donors (Lipinski definition) is 1. The highest BCUT2D eigenvalue weighted by Crippen LogP contribution is 2.23. The van der Waals surface area contributed by atoms with Crippen molar-refractivity contribution in [1.82, 2.24) is 0 Å². The van der Waals surface area contributed by atoms with Gasteiger partial charge in [0.15, 0.2) is 5.78 Å². The van der Waals surface area contributed by atoms with Gasteiger partial charge in [-0.25, -0.2) is 0 Å². The van der Waals surface area contributed by atoms with Crippen LogP contribution in [0.25, 0.3) is 0 Å². The van der Waals surface area contributed by atoms with Gasteiger partial charge in [-0.15, -0.1) is 11.6 Å². The van der Waals surface area contributed by atoms with Gasteiger partial charge in [0.1, 0.15) is 0 Å². The summed E-state index contributed by atoms with van der Waals surface area (Å²) in [5, 5.41) is 0. The van der Waals surface area contributed by atoms with Gasteiger partial charge in [0.05, 0.1) is 5.41 Å². The highest BCUT2D eigenvalue weighted by Gasteiger charge is 2.27. The Morgan fingerprint density at radius 1 is 1.22 bits per heavy atom. The highest BCUT2D eigenvalue weighted by atomic mass is 35.5. The SMILES string of the molecule is CC(C)(C(N)=O)c1ccc(C(=O)CCCCl)cc1. The van der Waals surface area contributed by atoms with Crippen LogP contribution in [-0.2, 0) is 10.2 Å². The number of alkyl halides is 1. The van der Waals surface area contributed by atoms with E-state index in [2.05, 4.69) is 0 Å². The number of ketones is 1. The Labute approximate surface area is 112 Å². The molecule has 1 aromatic rings. The van der Waals surface area contributed by atoms with Crippen LogP contribution in [-0.4, -0.2) is 17.6 Å². The molecule has 1 rings (SSSR count). The lowest BCUT2D eigenvalue weighted by Gasteiger charge is -2.21. The highest BCUT2D eigenvalue weighted by molar-refractivity contribution is 6.18. The van der Waals surface area contributed by atoms with E-state index in [1.165, 1.54) is 0 Å². The van der Waals surface area contributed by atoms with Crippen LogP contribution in [0.1, 0.15) is 42.6 Å². The zero-order valence-electron chi connectivity index (χ0n) is 10.7. The first-order valence-corrected chi connectivity index (χ1v) is 6.42. The van der Waals surface area contributed by atoms with Crippen molar-refractivity contribution in [1.29, 1.82) is 0 Å². The van der Waals surface area contributed by atoms with Gasteiger partial charge in [0.2, 0.25) is 5.91 Å². The number of benzene rings is 1. The predicted octanol–water partition coefficient (Wildman–Crippen LogP) is 2.65. The Kier molecular flexibility index (Phi) is 4.91. The van der Waals surface area contributed by atoms with Crippen LogP contribution in [0.5, 0.6) is 0 Å². The molecular weight excluding hydrogens is 250 g/mol. The third kappa shape index (κ3) is 3.33. The smallest absolute Gasteiger partial charge is 0.227 e. The summed E-state index contributed by atoms with van der Waals surface area (Å²) in [6.45, 7) is 3.53. The van der Waals surface area contributed by atoms with Gasteiger partial charge in [-0.1, -0.05) is 24.3 Å². The molecule has 2 N–H and O–H groups in total. The van der Waals surface area contributed by atoms with Gasteiger partial charge >= 0.3 is 0 Å². The third-order valence-corrected chi connectivity index (χ3v) is 3.35. The van der Waals surface area contributed by atoms with E-state index in [-0.39, 0.29) is 11.7 Å². The van der Waals surface area contributed by atoms with Crippen molar-refractivity contribution < 1.29 is 9.59 Å². The minimum Gasteiger partial charge on any atom is -0.369 e. The largest absolute Gasteiger partial charge is 0.369 e. The van der Waals surface area contributed by atoms with Crippen LogP contribution < -0.4 is 5.73 Å². The molecule has 0 heterocycles. The second-order valence-corrected chi connectivity index (χ2v) is 5.16.